The molecule has 18 heavy (non-hydrogen) atoms. The second kappa shape index (κ2) is 6.40. The molecule has 0 fully saturated rings. The molecule has 3 N–H and O–H groups in total. The van der Waals surface area contributed by atoms with Gasteiger partial charge in [-0.05, 0) is 49.9 Å². The predicted molar refractivity (Wildman–Crippen MR) is 72.0 cm³/mol. The lowest BCUT2D eigenvalue weighted by atomic mass is 10.0. The van der Waals surface area contributed by atoms with E-state index in [1.807, 2.05) is 19.1 Å². The molecule has 0 saturated heterocycles. The summed E-state index contributed by atoms with van der Waals surface area (Å²) in [7, 11) is 0. The van der Waals surface area contributed by atoms with Crippen LogP contribution in [-0.4, -0.2) is 28.8 Å². The third kappa shape index (κ3) is 4.04. The highest BCUT2D eigenvalue weighted by molar-refractivity contribution is 5.66. The number of hydrogen-bond acceptors (Lipinski definition) is 3. The first-order valence-corrected chi connectivity index (χ1v) is 6.12. The Labute approximate surface area is 108 Å². The van der Waals surface area contributed by atoms with Crippen molar-refractivity contribution < 1.29 is 15.0 Å². The maximum absolute atomic E-state index is 10.4. The molecular weight excluding hydrogens is 230 g/mol. The van der Waals surface area contributed by atoms with Crippen LogP contribution in [-0.2, 0) is 4.79 Å². The van der Waals surface area contributed by atoms with Crippen molar-refractivity contribution in [3.63, 3.8) is 0 Å². The second-order valence-electron chi connectivity index (χ2n) is 4.65. The molecule has 0 amide bonds. The quantitative estimate of drug-likeness (QED) is 0.725. The Morgan fingerprint density at radius 3 is 2.56 bits per heavy atom. The van der Waals surface area contributed by atoms with Crippen LogP contribution in [0.4, 0.5) is 5.69 Å². The Hall–Kier alpha value is -1.55. The number of rotatable bonds is 6. The van der Waals surface area contributed by atoms with Crippen molar-refractivity contribution in [1.29, 1.82) is 0 Å². The number of aliphatic hydroxyl groups excluding tert-OH is 1. The van der Waals surface area contributed by atoms with E-state index >= 15 is 0 Å². The molecule has 4 nitrogen and oxygen atoms in total. The van der Waals surface area contributed by atoms with Gasteiger partial charge in [-0.25, -0.2) is 0 Å². The van der Waals surface area contributed by atoms with Crippen molar-refractivity contribution in [1.82, 2.24) is 0 Å². The van der Waals surface area contributed by atoms with Crippen molar-refractivity contribution in [3.05, 3.63) is 28.8 Å². The SMILES string of the molecule is Cc1ccc(NCC(O)CCC(=O)O)c(C)c1C. The Bertz CT molecular complexity index is 429. The first kappa shape index (κ1) is 14.5. The van der Waals surface area contributed by atoms with E-state index in [1.165, 1.54) is 16.7 Å². The summed E-state index contributed by atoms with van der Waals surface area (Å²) in [5, 5.41) is 21.3. The van der Waals surface area contributed by atoms with Gasteiger partial charge in [0, 0.05) is 18.7 Å². The summed E-state index contributed by atoms with van der Waals surface area (Å²) in [4.78, 5) is 10.4. The lowest BCUT2D eigenvalue weighted by Crippen LogP contribution is -2.21. The van der Waals surface area contributed by atoms with E-state index in [4.69, 9.17) is 5.11 Å². The van der Waals surface area contributed by atoms with Gasteiger partial charge in [-0.1, -0.05) is 6.07 Å². The fraction of sp³-hybridized carbons (Fsp3) is 0.500. The Morgan fingerprint density at radius 1 is 1.28 bits per heavy atom. The zero-order valence-electron chi connectivity index (χ0n) is 11.2. The number of hydrogen-bond donors (Lipinski definition) is 3. The van der Waals surface area contributed by atoms with Crippen LogP contribution >= 0.6 is 0 Å². The summed E-state index contributed by atoms with van der Waals surface area (Å²) in [6.07, 6.45) is -0.372. The molecule has 1 unspecified atom stereocenters. The molecule has 0 aromatic heterocycles. The summed E-state index contributed by atoms with van der Waals surface area (Å²) in [6.45, 7) is 6.54. The summed E-state index contributed by atoms with van der Waals surface area (Å²) in [5.41, 5.74) is 4.64. The maximum atomic E-state index is 10.4. The average molecular weight is 251 g/mol. The van der Waals surface area contributed by atoms with E-state index in [2.05, 4.69) is 19.2 Å². The van der Waals surface area contributed by atoms with E-state index < -0.39 is 12.1 Å². The minimum Gasteiger partial charge on any atom is -0.481 e. The molecule has 4 heteroatoms. The molecule has 100 valence electrons. The third-order valence-corrected chi connectivity index (χ3v) is 3.28. The zero-order chi connectivity index (χ0) is 13.7. The first-order chi connectivity index (χ1) is 8.41. The Balaban J connectivity index is 2.53. The van der Waals surface area contributed by atoms with Gasteiger partial charge in [0.25, 0.3) is 0 Å². The molecule has 1 aromatic carbocycles. The van der Waals surface area contributed by atoms with Crippen LogP contribution in [0.2, 0.25) is 0 Å². The van der Waals surface area contributed by atoms with Gasteiger partial charge in [-0.15, -0.1) is 0 Å². The van der Waals surface area contributed by atoms with E-state index in [1.54, 1.807) is 0 Å². The largest absolute Gasteiger partial charge is 0.481 e. The van der Waals surface area contributed by atoms with Crippen LogP contribution in [0.1, 0.15) is 29.5 Å². The normalized spacial score (nSPS) is 12.2. The van der Waals surface area contributed by atoms with Crippen molar-refractivity contribution in [2.24, 2.45) is 0 Å². The topological polar surface area (TPSA) is 69.6 Å². The number of aryl methyl sites for hydroxylation is 1. The molecule has 1 atom stereocenters. The number of aliphatic hydroxyl groups is 1. The third-order valence-electron chi connectivity index (χ3n) is 3.28. The van der Waals surface area contributed by atoms with Crippen LogP contribution in [0.3, 0.4) is 0 Å². The number of aliphatic carboxylic acids is 1. The van der Waals surface area contributed by atoms with Gasteiger partial charge in [-0.3, -0.25) is 4.79 Å². The minimum absolute atomic E-state index is 0.00520. The lowest BCUT2D eigenvalue weighted by Gasteiger charge is -2.16. The van der Waals surface area contributed by atoms with Crippen LogP contribution < -0.4 is 5.32 Å². The van der Waals surface area contributed by atoms with Gasteiger partial charge in [0.2, 0.25) is 0 Å². The fourth-order valence-corrected chi connectivity index (χ4v) is 1.77. The number of benzene rings is 1. The smallest absolute Gasteiger partial charge is 0.303 e. The molecule has 0 saturated carbocycles. The molecule has 0 aliphatic heterocycles. The molecule has 0 spiro atoms. The van der Waals surface area contributed by atoms with E-state index in [0.29, 0.717) is 6.54 Å². The molecular formula is C14H21NO3. The number of nitrogens with one attached hydrogen (secondary N) is 1. The van der Waals surface area contributed by atoms with Crippen molar-refractivity contribution in [2.45, 2.75) is 39.7 Å². The molecule has 1 rings (SSSR count). The number of carboxylic acid groups (broad SMARTS) is 1. The fourth-order valence-electron chi connectivity index (χ4n) is 1.77. The van der Waals surface area contributed by atoms with Gasteiger partial charge in [0.15, 0.2) is 0 Å². The van der Waals surface area contributed by atoms with Crippen LogP contribution in [0.25, 0.3) is 0 Å². The van der Waals surface area contributed by atoms with Gasteiger partial charge >= 0.3 is 5.97 Å². The van der Waals surface area contributed by atoms with Gasteiger partial charge in [-0.2, -0.15) is 0 Å². The van der Waals surface area contributed by atoms with Crippen molar-refractivity contribution >= 4 is 11.7 Å². The van der Waals surface area contributed by atoms with E-state index in [9.17, 15) is 9.90 Å². The number of anilines is 1. The molecule has 0 aliphatic rings. The van der Waals surface area contributed by atoms with Crippen molar-refractivity contribution in [2.75, 3.05) is 11.9 Å². The summed E-state index contributed by atoms with van der Waals surface area (Å²) in [5.74, 6) is -0.878. The Morgan fingerprint density at radius 2 is 1.94 bits per heavy atom. The molecule has 1 aromatic rings. The minimum atomic E-state index is -0.878. The maximum Gasteiger partial charge on any atom is 0.303 e. The number of carboxylic acids is 1. The number of carbonyl (C=O) groups is 1. The van der Waals surface area contributed by atoms with Crippen molar-refractivity contribution in [3.8, 4) is 0 Å². The van der Waals surface area contributed by atoms with Gasteiger partial charge in [0.05, 0.1) is 6.10 Å². The van der Waals surface area contributed by atoms with Gasteiger partial charge in [0.1, 0.15) is 0 Å². The first-order valence-electron chi connectivity index (χ1n) is 6.12. The average Bonchev–Trinajstić information content (AvgIpc) is 2.32. The van der Waals surface area contributed by atoms with Crippen LogP contribution in [0.5, 0.6) is 0 Å². The monoisotopic (exact) mass is 251 g/mol. The van der Waals surface area contributed by atoms with Crippen LogP contribution in [0.15, 0.2) is 12.1 Å². The second-order valence-corrected chi connectivity index (χ2v) is 4.65. The van der Waals surface area contributed by atoms with E-state index in [0.717, 1.165) is 5.69 Å². The summed E-state index contributed by atoms with van der Waals surface area (Å²) < 4.78 is 0. The molecule has 0 radical (unpaired) electrons. The highest BCUT2D eigenvalue weighted by Gasteiger charge is 2.08. The standard InChI is InChI=1S/C14H21NO3/c1-9-4-6-13(11(3)10(9)2)15-8-12(16)5-7-14(17)18/h4,6,12,15-16H,5,7-8H2,1-3H3,(H,17,18). The molecule has 0 aliphatic carbocycles. The highest BCUT2D eigenvalue weighted by atomic mass is 16.4. The van der Waals surface area contributed by atoms with Gasteiger partial charge < -0.3 is 15.5 Å². The highest BCUT2D eigenvalue weighted by Crippen LogP contribution is 2.21. The van der Waals surface area contributed by atoms with Crippen LogP contribution in [0, 0.1) is 20.8 Å². The predicted octanol–water partition coefficient (Wildman–Crippen LogP) is 2.25. The summed E-state index contributed by atoms with van der Waals surface area (Å²) >= 11 is 0. The Kier molecular flexibility index (Phi) is 5.16. The molecule has 0 bridgehead atoms. The van der Waals surface area contributed by atoms with E-state index in [-0.39, 0.29) is 12.8 Å². The summed E-state index contributed by atoms with van der Waals surface area (Å²) in [6, 6.07) is 4.02. The zero-order valence-corrected chi connectivity index (χ0v) is 11.2. The lowest BCUT2D eigenvalue weighted by molar-refractivity contribution is -0.137. The molecule has 0 heterocycles.